The van der Waals surface area contributed by atoms with Crippen molar-refractivity contribution in [1.29, 1.82) is 0 Å². The molecule has 5 rings (SSSR count). The van der Waals surface area contributed by atoms with E-state index in [2.05, 4.69) is 9.97 Å². The smallest absolute Gasteiger partial charge is 0.227 e. The second kappa shape index (κ2) is 6.99. The predicted octanol–water partition coefficient (Wildman–Crippen LogP) is 4.54. The second-order valence-electron chi connectivity index (χ2n) is 7.52. The van der Waals surface area contributed by atoms with Crippen LogP contribution in [0.4, 0.5) is 8.78 Å². The van der Waals surface area contributed by atoms with Crippen molar-refractivity contribution in [2.75, 3.05) is 13.1 Å². The maximum Gasteiger partial charge on any atom is 0.227 e. The van der Waals surface area contributed by atoms with Gasteiger partial charge in [-0.15, -0.1) is 0 Å². The number of piperidine rings is 1. The van der Waals surface area contributed by atoms with Gasteiger partial charge >= 0.3 is 0 Å². The van der Waals surface area contributed by atoms with E-state index in [9.17, 15) is 13.6 Å². The van der Waals surface area contributed by atoms with Crippen LogP contribution in [0.5, 0.6) is 0 Å². The van der Waals surface area contributed by atoms with E-state index in [1.54, 1.807) is 18.3 Å². The van der Waals surface area contributed by atoms with Gasteiger partial charge < -0.3 is 14.3 Å². The third-order valence-electron chi connectivity index (χ3n) is 5.56. The van der Waals surface area contributed by atoms with Crippen LogP contribution in [-0.2, 0) is 11.2 Å². The normalized spacial score (nSPS) is 17.3. The van der Waals surface area contributed by atoms with Crippen LogP contribution in [0.2, 0.25) is 0 Å². The Hall–Kier alpha value is -3.22. The van der Waals surface area contributed by atoms with E-state index in [-0.39, 0.29) is 29.9 Å². The van der Waals surface area contributed by atoms with Crippen molar-refractivity contribution >= 4 is 27.9 Å². The molecule has 0 spiro atoms. The summed E-state index contributed by atoms with van der Waals surface area (Å²) in [5.41, 5.74) is 2.63. The molecule has 1 amide bonds. The first-order valence-corrected chi connectivity index (χ1v) is 9.66. The van der Waals surface area contributed by atoms with Gasteiger partial charge in [-0.05, 0) is 48.7 Å². The monoisotopic (exact) mass is 395 g/mol. The minimum atomic E-state index is -0.365. The summed E-state index contributed by atoms with van der Waals surface area (Å²) in [6, 6.07) is 8.80. The molecule has 2 aromatic carbocycles. The highest BCUT2D eigenvalue weighted by Gasteiger charge is 2.28. The third-order valence-corrected chi connectivity index (χ3v) is 5.56. The number of hydrogen-bond acceptors (Lipinski definition) is 3. The van der Waals surface area contributed by atoms with Gasteiger partial charge in [0.25, 0.3) is 0 Å². The largest absolute Gasteiger partial charge is 0.440 e. The number of oxazole rings is 1. The number of rotatable bonds is 3. The molecule has 0 bridgehead atoms. The van der Waals surface area contributed by atoms with Crippen LogP contribution in [-0.4, -0.2) is 33.9 Å². The lowest BCUT2D eigenvalue weighted by Gasteiger charge is -2.31. The summed E-state index contributed by atoms with van der Waals surface area (Å²) < 4.78 is 32.8. The Kier molecular flexibility index (Phi) is 4.30. The zero-order chi connectivity index (χ0) is 20.0. The number of nitrogens with one attached hydrogen (secondary N) is 1. The number of nitrogens with zero attached hydrogens (tertiary/aromatic N) is 2. The van der Waals surface area contributed by atoms with Crippen LogP contribution in [0, 0.1) is 11.6 Å². The van der Waals surface area contributed by atoms with Gasteiger partial charge in [0.1, 0.15) is 17.2 Å². The molecule has 2 aromatic heterocycles. The lowest BCUT2D eigenvalue weighted by atomic mass is 9.97. The summed E-state index contributed by atoms with van der Waals surface area (Å²) in [6.45, 7) is 1.17. The number of aromatic amines is 1. The third kappa shape index (κ3) is 3.37. The Balaban J connectivity index is 1.34. The molecule has 0 aliphatic carbocycles. The number of halogens is 2. The van der Waals surface area contributed by atoms with Crippen LogP contribution in [0.1, 0.15) is 30.2 Å². The molecule has 148 valence electrons. The van der Waals surface area contributed by atoms with Crippen molar-refractivity contribution in [2.24, 2.45) is 0 Å². The molecular weight excluding hydrogens is 376 g/mol. The van der Waals surface area contributed by atoms with Gasteiger partial charge in [-0.2, -0.15) is 0 Å². The van der Waals surface area contributed by atoms with Gasteiger partial charge in [-0.1, -0.05) is 0 Å². The minimum Gasteiger partial charge on any atom is -0.440 e. The molecule has 4 aromatic rings. The Morgan fingerprint density at radius 2 is 2.03 bits per heavy atom. The van der Waals surface area contributed by atoms with Gasteiger partial charge in [0, 0.05) is 36.3 Å². The quantitative estimate of drug-likeness (QED) is 0.554. The highest BCUT2D eigenvalue weighted by molar-refractivity contribution is 5.89. The number of aromatic nitrogens is 2. The first-order valence-electron chi connectivity index (χ1n) is 9.66. The van der Waals surface area contributed by atoms with Crippen molar-refractivity contribution in [3.8, 4) is 0 Å². The number of fused-ring (bicyclic) bond motifs is 2. The summed E-state index contributed by atoms with van der Waals surface area (Å²) >= 11 is 0. The number of amides is 1. The highest BCUT2D eigenvalue weighted by Crippen LogP contribution is 2.30. The van der Waals surface area contributed by atoms with E-state index >= 15 is 0 Å². The van der Waals surface area contributed by atoms with Crippen molar-refractivity contribution in [1.82, 2.24) is 14.9 Å². The molecule has 1 saturated heterocycles. The molecule has 1 unspecified atom stereocenters. The van der Waals surface area contributed by atoms with Crippen molar-refractivity contribution in [3.63, 3.8) is 0 Å². The predicted molar refractivity (Wildman–Crippen MR) is 104 cm³/mol. The maximum absolute atomic E-state index is 13.6. The minimum absolute atomic E-state index is 0.0120. The van der Waals surface area contributed by atoms with E-state index in [1.165, 1.54) is 24.3 Å². The molecule has 1 N–H and O–H groups in total. The highest BCUT2D eigenvalue weighted by atomic mass is 19.1. The maximum atomic E-state index is 13.6. The number of hydrogen-bond donors (Lipinski definition) is 1. The molecule has 1 fully saturated rings. The first kappa shape index (κ1) is 17.8. The van der Waals surface area contributed by atoms with E-state index in [4.69, 9.17) is 4.42 Å². The SMILES string of the molecule is O=C(Cc1c[nH]c2ccc(F)cc12)N1CCCC(c2nc3ccc(F)cc3o2)C1. The van der Waals surface area contributed by atoms with Crippen LogP contribution in [0.3, 0.4) is 0 Å². The fraction of sp³-hybridized carbons (Fsp3) is 0.273. The molecule has 7 heteroatoms. The zero-order valence-electron chi connectivity index (χ0n) is 15.6. The molecule has 5 nitrogen and oxygen atoms in total. The average molecular weight is 395 g/mol. The standard InChI is InChI=1S/C22H19F2N3O2/c23-15-3-5-18-17(9-15)14(11-25-18)8-21(28)27-7-1-2-13(12-27)22-26-19-6-4-16(24)10-20(19)29-22/h3-6,9-11,13,25H,1-2,7-8,12H2. The van der Waals surface area contributed by atoms with E-state index in [1.807, 2.05) is 4.90 Å². The Bertz CT molecular complexity index is 1210. The van der Waals surface area contributed by atoms with E-state index in [0.717, 1.165) is 29.3 Å². The number of likely N-dealkylation sites (tertiary alicyclic amines) is 1. The Morgan fingerprint density at radius 1 is 1.21 bits per heavy atom. The number of H-pyrrole nitrogens is 1. The van der Waals surface area contributed by atoms with E-state index < -0.39 is 0 Å². The summed E-state index contributed by atoms with van der Waals surface area (Å²) in [5, 5.41) is 0.730. The van der Waals surface area contributed by atoms with Gasteiger partial charge in [-0.3, -0.25) is 4.79 Å². The van der Waals surface area contributed by atoms with Crippen molar-refractivity contribution < 1.29 is 18.0 Å². The first-order chi connectivity index (χ1) is 14.1. The summed E-state index contributed by atoms with van der Waals surface area (Å²) in [5.74, 6) is -0.185. The average Bonchev–Trinajstić information content (AvgIpc) is 3.32. The Labute approximate surface area is 165 Å². The molecule has 0 radical (unpaired) electrons. The topological polar surface area (TPSA) is 62.1 Å². The molecule has 29 heavy (non-hydrogen) atoms. The van der Waals surface area contributed by atoms with Crippen molar-refractivity contribution in [2.45, 2.75) is 25.2 Å². The number of carbonyl (C=O) groups is 1. The molecular formula is C22H19F2N3O2. The molecule has 1 aliphatic heterocycles. The van der Waals surface area contributed by atoms with Gasteiger partial charge in [0.05, 0.1) is 12.3 Å². The fourth-order valence-corrected chi connectivity index (χ4v) is 4.07. The van der Waals surface area contributed by atoms with Gasteiger partial charge in [0.2, 0.25) is 5.91 Å². The second-order valence-corrected chi connectivity index (χ2v) is 7.52. The van der Waals surface area contributed by atoms with E-state index in [0.29, 0.717) is 30.1 Å². The Morgan fingerprint density at radius 3 is 2.93 bits per heavy atom. The number of benzene rings is 2. The lowest BCUT2D eigenvalue weighted by Crippen LogP contribution is -2.40. The fourth-order valence-electron chi connectivity index (χ4n) is 4.07. The van der Waals surface area contributed by atoms with Crippen LogP contribution >= 0.6 is 0 Å². The zero-order valence-corrected chi connectivity index (χ0v) is 15.6. The van der Waals surface area contributed by atoms with Crippen LogP contribution in [0.25, 0.3) is 22.0 Å². The summed E-state index contributed by atoms with van der Waals surface area (Å²) in [4.78, 5) is 22.3. The summed E-state index contributed by atoms with van der Waals surface area (Å²) in [7, 11) is 0. The van der Waals surface area contributed by atoms with Crippen LogP contribution in [0.15, 0.2) is 47.0 Å². The molecule has 1 aliphatic rings. The van der Waals surface area contributed by atoms with Crippen LogP contribution < -0.4 is 0 Å². The molecule has 0 saturated carbocycles. The lowest BCUT2D eigenvalue weighted by molar-refractivity contribution is -0.131. The van der Waals surface area contributed by atoms with Gasteiger partial charge in [-0.25, -0.2) is 13.8 Å². The van der Waals surface area contributed by atoms with Crippen molar-refractivity contribution in [3.05, 3.63) is 65.7 Å². The molecule has 1 atom stereocenters. The summed E-state index contributed by atoms with van der Waals surface area (Å²) in [6.07, 6.45) is 3.66. The van der Waals surface area contributed by atoms with Gasteiger partial charge in [0.15, 0.2) is 11.5 Å². The number of carbonyl (C=O) groups excluding carboxylic acids is 1. The molecule has 3 heterocycles.